The highest BCUT2D eigenvalue weighted by molar-refractivity contribution is 5.85. The highest BCUT2D eigenvalue weighted by atomic mass is 19.4. The number of benzene rings is 1. The Kier molecular flexibility index (Phi) is 5.80. The van der Waals surface area contributed by atoms with E-state index in [0.29, 0.717) is 50.7 Å². The normalized spacial score (nSPS) is 18.5. The topological polar surface area (TPSA) is 122 Å². The number of hydrogen-bond acceptors (Lipinski definition) is 9. The summed E-state index contributed by atoms with van der Waals surface area (Å²) in [4.78, 5) is 32.0. The number of piperazine rings is 1. The number of hydrogen-bond donors (Lipinski definition) is 1. The molecule has 2 fully saturated rings. The first-order valence-corrected chi connectivity index (χ1v) is 12.2. The van der Waals surface area contributed by atoms with Gasteiger partial charge in [0, 0.05) is 38.4 Å². The van der Waals surface area contributed by atoms with Crippen LogP contribution in [0.2, 0.25) is 0 Å². The number of carbonyl (C=O) groups is 1. The predicted octanol–water partition coefficient (Wildman–Crippen LogP) is 2.70. The van der Waals surface area contributed by atoms with Crippen molar-refractivity contribution in [3.8, 4) is 11.6 Å². The molecule has 5 heterocycles. The second kappa shape index (κ2) is 9.19. The lowest BCUT2D eigenvalue weighted by atomic mass is 10.1. The van der Waals surface area contributed by atoms with E-state index in [1.165, 1.54) is 22.9 Å². The largest absolute Gasteiger partial charge is 0.461 e. The van der Waals surface area contributed by atoms with Crippen molar-refractivity contribution in [1.82, 2.24) is 29.5 Å². The Bertz CT molecular complexity index is 1460. The van der Waals surface area contributed by atoms with Crippen molar-refractivity contribution in [3.05, 3.63) is 48.2 Å². The number of nitrogens with zero attached hydrogens (tertiary/aromatic N) is 8. The number of para-hydroxylation sites is 1. The van der Waals surface area contributed by atoms with Crippen molar-refractivity contribution < 1.29 is 22.4 Å². The molecule has 1 amide bonds. The van der Waals surface area contributed by atoms with Gasteiger partial charge in [-0.25, -0.2) is 0 Å². The van der Waals surface area contributed by atoms with Crippen molar-refractivity contribution in [2.75, 3.05) is 48.3 Å². The number of aromatic nitrogens is 5. The number of nitrogens with two attached hydrogens (primary N) is 1. The first kappa shape index (κ1) is 24.0. The van der Waals surface area contributed by atoms with E-state index in [4.69, 9.17) is 10.2 Å². The molecule has 14 heteroatoms. The number of alkyl halides is 3. The van der Waals surface area contributed by atoms with E-state index in [1.807, 2.05) is 4.90 Å². The van der Waals surface area contributed by atoms with Gasteiger partial charge in [0.1, 0.15) is 6.04 Å². The smallest absolute Gasteiger partial charge is 0.418 e. The lowest BCUT2D eigenvalue weighted by molar-refractivity contribution is -0.137. The van der Waals surface area contributed by atoms with Gasteiger partial charge in [-0.3, -0.25) is 4.79 Å². The van der Waals surface area contributed by atoms with Crippen LogP contribution in [0.25, 0.3) is 17.4 Å². The minimum Gasteiger partial charge on any atom is -0.461 e. The highest BCUT2D eigenvalue weighted by Gasteiger charge is 2.38. The quantitative estimate of drug-likeness (QED) is 0.427. The molecular weight excluding hydrogens is 503 g/mol. The molecule has 1 aromatic carbocycles. The number of furan rings is 1. The van der Waals surface area contributed by atoms with Crippen LogP contribution in [0.1, 0.15) is 18.4 Å². The third-order valence-corrected chi connectivity index (χ3v) is 6.90. The average molecular weight is 528 g/mol. The molecule has 1 atom stereocenters. The molecule has 11 nitrogen and oxygen atoms in total. The van der Waals surface area contributed by atoms with Crippen molar-refractivity contribution in [1.29, 1.82) is 0 Å². The zero-order valence-electron chi connectivity index (χ0n) is 20.2. The van der Waals surface area contributed by atoms with Gasteiger partial charge in [-0.2, -0.15) is 32.6 Å². The van der Waals surface area contributed by atoms with Crippen LogP contribution in [-0.4, -0.2) is 74.1 Å². The Morgan fingerprint density at radius 1 is 1.00 bits per heavy atom. The van der Waals surface area contributed by atoms with Gasteiger partial charge in [0.2, 0.25) is 23.6 Å². The van der Waals surface area contributed by atoms with Crippen LogP contribution in [0.4, 0.5) is 30.8 Å². The summed E-state index contributed by atoms with van der Waals surface area (Å²) < 4.78 is 47.1. The molecule has 38 heavy (non-hydrogen) atoms. The minimum absolute atomic E-state index is 0.0744. The first-order valence-electron chi connectivity index (χ1n) is 12.2. The zero-order chi connectivity index (χ0) is 26.4. The van der Waals surface area contributed by atoms with Crippen molar-refractivity contribution in [2.45, 2.75) is 25.1 Å². The van der Waals surface area contributed by atoms with E-state index in [9.17, 15) is 18.0 Å². The van der Waals surface area contributed by atoms with Crippen LogP contribution in [0.5, 0.6) is 0 Å². The molecule has 3 aromatic heterocycles. The molecule has 198 valence electrons. The van der Waals surface area contributed by atoms with E-state index in [-0.39, 0.29) is 29.3 Å². The monoisotopic (exact) mass is 527 g/mol. The molecule has 0 bridgehead atoms. The molecule has 0 saturated carbocycles. The number of carbonyl (C=O) groups excluding carboxylic acids is 1. The SMILES string of the molecule is Nc1nc(N2CCC[C@H]2C(=O)N2CCN(c3ccccc3C(F)(F)F)CC2)nc2nc(-c3ccco3)nn12. The summed E-state index contributed by atoms with van der Waals surface area (Å²) in [7, 11) is 0. The lowest BCUT2D eigenvalue weighted by Gasteiger charge is -2.39. The molecule has 0 spiro atoms. The Morgan fingerprint density at radius 3 is 2.53 bits per heavy atom. The van der Waals surface area contributed by atoms with Crippen LogP contribution in [0.3, 0.4) is 0 Å². The van der Waals surface area contributed by atoms with E-state index < -0.39 is 17.8 Å². The van der Waals surface area contributed by atoms with Crippen LogP contribution in [-0.2, 0) is 11.0 Å². The van der Waals surface area contributed by atoms with Gasteiger partial charge in [-0.15, -0.1) is 5.10 Å². The van der Waals surface area contributed by atoms with E-state index in [2.05, 4.69) is 20.1 Å². The fraction of sp³-hybridized carbons (Fsp3) is 0.375. The summed E-state index contributed by atoms with van der Waals surface area (Å²) >= 11 is 0. The second-order valence-corrected chi connectivity index (χ2v) is 9.18. The van der Waals surface area contributed by atoms with Crippen LogP contribution < -0.4 is 15.5 Å². The first-order chi connectivity index (χ1) is 18.3. The number of rotatable bonds is 4. The summed E-state index contributed by atoms with van der Waals surface area (Å²) in [6.45, 7) is 1.79. The van der Waals surface area contributed by atoms with Crippen LogP contribution >= 0.6 is 0 Å². The molecule has 4 aromatic rings. The summed E-state index contributed by atoms with van der Waals surface area (Å²) in [5.74, 6) is 1.25. The summed E-state index contributed by atoms with van der Waals surface area (Å²) in [6, 6.07) is 8.46. The van der Waals surface area contributed by atoms with Gasteiger partial charge in [-0.1, -0.05) is 12.1 Å². The van der Waals surface area contributed by atoms with Crippen molar-refractivity contribution in [3.63, 3.8) is 0 Å². The molecule has 6 rings (SSSR count). The molecule has 0 unspecified atom stereocenters. The number of anilines is 3. The van der Waals surface area contributed by atoms with Crippen molar-refractivity contribution >= 4 is 29.3 Å². The summed E-state index contributed by atoms with van der Waals surface area (Å²) in [6.07, 6.45) is -1.57. The Morgan fingerprint density at radius 2 is 1.79 bits per heavy atom. The number of halogens is 3. The van der Waals surface area contributed by atoms with Gasteiger partial charge in [0.25, 0.3) is 5.78 Å². The van der Waals surface area contributed by atoms with Gasteiger partial charge < -0.3 is 24.9 Å². The standard InChI is InChI=1S/C24H24F3N9O2/c25-24(26,27)15-5-1-2-6-16(15)33-10-12-34(13-11-33)20(37)17-7-3-9-35(17)22-30-21(28)36-23(31-22)29-19(32-36)18-8-4-14-38-18/h1-2,4-6,8,14,17H,3,7,9-13H2,(H2,28,29,30,31,32)/t17-/m0/s1. The second-order valence-electron chi connectivity index (χ2n) is 9.18. The van der Waals surface area contributed by atoms with Crippen LogP contribution in [0, 0.1) is 0 Å². The Labute approximate surface area is 214 Å². The lowest BCUT2D eigenvalue weighted by Crippen LogP contribution is -2.54. The molecule has 0 radical (unpaired) electrons. The zero-order valence-corrected chi connectivity index (χ0v) is 20.2. The number of fused-ring (bicyclic) bond motifs is 1. The summed E-state index contributed by atoms with van der Waals surface area (Å²) in [5, 5.41) is 4.30. The molecule has 2 aliphatic heterocycles. The van der Waals surface area contributed by atoms with Gasteiger partial charge in [-0.05, 0) is 37.1 Å². The molecule has 2 aliphatic rings. The molecule has 2 saturated heterocycles. The third-order valence-electron chi connectivity index (χ3n) is 6.90. The molecule has 0 aliphatic carbocycles. The number of amides is 1. The summed E-state index contributed by atoms with van der Waals surface area (Å²) in [5.41, 5.74) is 5.60. The van der Waals surface area contributed by atoms with E-state index in [0.717, 1.165) is 12.5 Å². The molecular formula is C24H24F3N9O2. The van der Waals surface area contributed by atoms with Crippen LogP contribution in [0.15, 0.2) is 47.1 Å². The third kappa shape index (κ3) is 4.25. The highest BCUT2D eigenvalue weighted by Crippen LogP contribution is 2.37. The average Bonchev–Trinajstić information content (AvgIpc) is 3.68. The number of nitrogen functional groups attached to an aromatic ring is 1. The van der Waals surface area contributed by atoms with Crippen molar-refractivity contribution in [2.24, 2.45) is 0 Å². The van der Waals surface area contributed by atoms with Gasteiger partial charge in [0.15, 0.2) is 5.76 Å². The van der Waals surface area contributed by atoms with Gasteiger partial charge >= 0.3 is 6.18 Å². The van der Waals surface area contributed by atoms with E-state index in [1.54, 1.807) is 28.0 Å². The Balaban J connectivity index is 1.18. The van der Waals surface area contributed by atoms with E-state index >= 15 is 0 Å². The fourth-order valence-electron chi connectivity index (χ4n) is 5.06. The maximum absolute atomic E-state index is 13.5. The molecule has 2 N–H and O–H groups in total. The maximum Gasteiger partial charge on any atom is 0.418 e. The fourth-order valence-corrected chi connectivity index (χ4v) is 5.06. The predicted molar refractivity (Wildman–Crippen MR) is 131 cm³/mol. The minimum atomic E-state index is -4.44. The Hall–Kier alpha value is -4.36. The van der Waals surface area contributed by atoms with Gasteiger partial charge in [0.05, 0.1) is 11.8 Å². The maximum atomic E-state index is 13.5.